The summed E-state index contributed by atoms with van der Waals surface area (Å²) in [4.78, 5) is 35.6. The molecule has 7 nitrogen and oxygen atoms in total. The Hall–Kier alpha value is -3.06. The summed E-state index contributed by atoms with van der Waals surface area (Å²) in [5.74, 6) is -1.61. The van der Waals surface area contributed by atoms with E-state index >= 15 is 0 Å². The Morgan fingerprint density at radius 1 is 1.22 bits per heavy atom. The minimum absolute atomic E-state index is 0.0624. The van der Waals surface area contributed by atoms with E-state index in [0.29, 0.717) is 21.8 Å². The van der Waals surface area contributed by atoms with Crippen LogP contribution in [0.5, 0.6) is 0 Å². The first-order chi connectivity index (χ1) is 12.9. The van der Waals surface area contributed by atoms with Gasteiger partial charge in [0, 0.05) is 17.3 Å². The molecular weight excluding hydrogens is 372 g/mol. The molecule has 0 aliphatic carbocycles. The summed E-state index contributed by atoms with van der Waals surface area (Å²) >= 11 is 6.00. The van der Waals surface area contributed by atoms with Gasteiger partial charge in [-0.25, -0.2) is 4.79 Å². The molecule has 27 heavy (non-hydrogen) atoms. The maximum absolute atomic E-state index is 11.9. The molecule has 2 aromatic carbocycles. The standard InChI is InChI=1S/C19H17ClN2O5/c1-12-6-7-13(10-14(12)20)21-17(23)11-26-18(24)8-9-22-15-4-2-3-5-16(15)27-19(22)25/h2-7,10H,8-9,11H2,1H3,(H,21,23). The highest BCUT2D eigenvalue weighted by atomic mass is 35.5. The maximum atomic E-state index is 11.9. The number of hydrogen-bond donors (Lipinski definition) is 1. The summed E-state index contributed by atoms with van der Waals surface area (Å²) in [5.41, 5.74) is 2.46. The number of rotatable bonds is 6. The number of esters is 1. The lowest BCUT2D eigenvalue weighted by molar-refractivity contribution is -0.147. The van der Waals surface area contributed by atoms with Gasteiger partial charge in [0.1, 0.15) is 0 Å². The Morgan fingerprint density at radius 3 is 2.78 bits per heavy atom. The van der Waals surface area contributed by atoms with Gasteiger partial charge in [-0.05, 0) is 36.8 Å². The van der Waals surface area contributed by atoms with Crippen molar-refractivity contribution in [1.29, 1.82) is 0 Å². The van der Waals surface area contributed by atoms with Crippen molar-refractivity contribution in [3.63, 3.8) is 0 Å². The molecular formula is C19H17ClN2O5. The van der Waals surface area contributed by atoms with Crippen molar-refractivity contribution in [3.8, 4) is 0 Å². The molecule has 0 saturated carbocycles. The summed E-state index contributed by atoms with van der Waals surface area (Å²) in [7, 11) is 0. The van der Waals surface area contributed by atoms with Crippen molar-refractivity contribution in [3.05, 3.63) is 63.6 Å². The number of carbonyl (C=O) groups excluding carboxylic acids is 2. The van der Waals surface area contributed by atoms with Crippen LogP contribution in [0.25, 0.3) is 11.1 Å². The van der Waals surface area contributed by atoms with Crippen LogP contribution in [0.1, 0.15) is 12.0 Å². The van der Waals surface area contributed by atoms with Gasteiger partial charge in [-0.1, -0.05) is 29.8 Å². The molecule has 1 aromatic heterocycles. The molecule has 3 aromatic rings. The topological polar surface area (TPSA) is 90.5 Å². The van der Waals surface area contributed by atoms with Crippen molar-refractivity contribution in [2.45, 2.75) is 19.9 Å². The molecule has 8 heteroatoms. The molecule has 0 fully saturated rings. The van der Waals surface area contributed by atoms with Crippen molar-refractivity contribution in [1.82, 2.24) is 4.57 Å². The van der Waals surface area contributed by atoms with Crippen molar-refractivity contribution in [2.75, 3.05) is 11.9 Å². The second-order valence-electron chi connectivity index (χ2n) is 5.91. The summed E-state index contributed by atoms with van der Waals surface area (Å²) in [6, 6.07) is 12.0. The number of oxazole rings is 1. The number of hydrogen-bond acceptors (Lipinski definition) is 5. The number of nitrogens with zero attached hydrogens (tertiary/aromatic N) is 1. The zero-order valence-corrected chi connectivity index (χ0v) is 15.3. The molecule has 0 saturated heterocycles. The van der Waals surface area contributed by atoms with Crippen LogP contribution in [0.2, 0.25) is 5.02 Å². The fourth-order valence-corrected chi connectivity index (χ4v) is 2.70. The van der Waals surface area contributed by atoms with Crippen LogP contribution in [0, 0.1) is 6.92 Å². The highest BCUT2D eigenvalue weighted by molar-refractivity contribution is 6.31. The molecule has 140 valence electrons. The molecule has 0 unspecified atom stereocenters. The Morgan fingerprint density at radius 2 is 2.00 bits per heavy atom. The largest absolute Gasteiger partial charge is 0.456 e. The van der Waals surface area contributed by atoms with Gasteiger partial charge in [-0.2, -0.15) is 0 Å². The Bertz CT molecular complexity index is 1050. The number of fused-ring (bicyclic) bond motifs is 1. The third kappa shape index (κ3) is 4.57. The number of nitrogens with one attached hydrogen (secondary N) is 1. The molecule has 0 aliphatic heterocycles. The van der Waals surface area contributed by atoms with Gasteiger partial charge < -0.3 is 14.5 Å². The first-order valence-electron chi connectivity index (χ1n) is 8.24. The highest BCUT2D eigenvalue weighted by Crippen LogP contribution is 2.19. The summed E-state index contributed by atoms with van der Waals surface area (Å²) in [5, 5.41) is 3.13. The molecule has 0 spiro atoms. The van der Waals surface area contributed by atoms with E-state index in [9.17, 15) is 14.4 Å². The van der Waals surface area contributed by atoms with E-state index in [1.165, 1.54) is 4.57 Å². The van der Waals surface area contributed by atoms with E-state index in [-0.39, 0.29) is 13.0 Å². The fraction of sp³-hybridized carbons (Fsp3) is 0.211. The number of amides is 1. The van der Waals surface area contributed by atoms with Crippen molar-refractivity contribution < 1.29 is 18.7 Å². The summed E-state index contributed by atoms with van der Waals surface area (Å²) < 4.78 is 11.4. The van der Waals surface area contributed by atoms with Crippen LogP contribution in [-0.4, -0.2) is 23.1 Å². The van der Waals surface area contributed by atoms with Crippen LogP contribution < -0.4 is 11.1 Å². The molecule has 0 aliphatic rings. The number of benzene rings is 2. The molecule has 1 heterocycles. The van der Waals surface area contributed by atoms with Gasteiger partial charge in [-0.3, -0.25) is 14.2 Å². The van der Waals surface area contributed by atoms with Gasteiger partial charge in [0.2, 0.25) is 0 Å². The van der Waals surface area contributed by atoms with Crippen LogP contribution >= 0.6 is 11.6 Å². The van der Waals surface area contributed by atoms with Gasteiger partial charge in [0.05, 0.1) is 11.9 Å². The second-order valence-corrected chi connectivity index (χ2v) is 6.32. The Kier molecular flexibility index (Phi) is 5.61. The van der Waals surface area contributed by atoms with Gasteiger partial charge in [0.15, 0.2) is 12.2 Å². The Labute approximate surface area is 159 Å². The first-order valence-corrected chi connectivity index (χ1v) is 8.62. The molecule has 1 N–H and O–H groups in total. The van der Waals surface area contributed by atoms with Gasteiger partial charge in [-0.15, -0.1) is 0 Å². The number of anilines is 1. The zero-order chi connectivity index (χ0) is 19.4. The monoisotopic (exact) mass is 388 g/mol. The van der Waals surface area contributed by atoms with E-state index in [1.54, 1.807) is 42.5 Å². The number of para-hydroxylation sites is 2. The van der Waals surface area contributed by atoms with E-state index in [0.717, 1.165) is 5.56 Å². The van der Waals surface area contributed by atoms with Crippen molar-refractivity contribution in [2.24, 2.45) is 0 Å². The van der Waals surface area contributed by atoms with E-state index < -0.39 is 24.2 Å². The number of aryl methyl sites for hydroxylation is 2. The minimum Gasteiger partial charge on any atom is -0.456 e. The third-order valence-corrected chi connectivity index (χ3v) is 4.34. The zero-order valence-electron chi connectivity index (χ0n) is 14.5. The number of halogens is 1. The second kappa shape index (κ2) is 8.09. The van der Waals surface area contributed by atoms with E-state index in [2.05, 4.69) is 5.32 Å². The van der Waals surface area contributed by atoms with Gasteiger partial charge in [0.25, 0.3) is 5.91 Å². The lowest BCUT2D eigenvalue weighted by Crippen LogP contribution is -2.22. The predicted molar refractivity (Wildman–Crippen MR) is 101 cm³/mol. The van der Waals surface area contributed by atoms with Crippen LogP contribution in [-0.2, 0) is 20.9 Å². The van der Waals surface area contributed by atoms with E-state index in [4.69, 9.17) is 20.8 Å². The Balaban J connectivity index is 1.50. The van der Waals surface area contributed by atoms with Crippen molar-refractivity contribution >= 4 is 40.3 Å². The molecule has 0 atom stereocenters. The fourth-order valence-electron chi connectivity index (χ4n) is 2.51. The smallest absolute Gasteiger partial charge is 0.419 e. The normalized spacial score (nSPS) is 10.7. The third-order valence-electron chi connectivity index (χ3n) is 3.93. The number of aromatic nitrogens is 1. The molecule has 3 rings (SSSR count). The predicted octanol–water partition coefficient (Wildman–Crippen LogP) is 3.13. The molecule has 1 amide bonds. The number of ether oxygens (including phenoxy) is 1. The van der Waals surface area contributed by atoms with Crippen LogP contribution in [0.15, 0.2) is 51.7 Å². The SMILES string of the molecule is Cc1ccc(NC(=O)COC(=O)CCn2c(=O)oc3ccccc32)cc1Cl. The van der Waals surface area contributed by atoms with Crippen LogP contribution in [0.3, 0.4) is 0 Å². The van der Waals surface area contributed by atoms with Crippen LogP contribution in [0.4, 0.5) is 5.69 Å². The van der Waals surface area contributed by atoms with Gasteiger partial charge >= 0.3 is 11.7 Å². The number of carbonyl (C=O) groups is 2. The first kappa shape index (κ1) is 18.7. The quantitative estimate of drug-likeness (QED) is 0.655. The lowest BCUT2D eigenvalue weighted by Gasteiger charge is -2.08. The minimum atomic E-state index is -0.593. The lowest BCUT2D eigenvalue weighted by atomic mass is 10.2. The van der Waals surface area contributed by atoms with E-state index in [1.807, 2.05) is 6.92 Å². The average molecular weight is 389 g/mol. The highest BCUT2D eigenvalue weighted by Gasteiger charge is 2.12. The maximum Gasteiger partial charge on any atom is 0.419 e. The molecule has 0 radical (unpaired) electrons. The summed E-state index contributed by atoms with van der Waals surface area (Å²) in [6.45, 7) is 1.53. The average Bonchev–Trinajstić information content (AvgIpc) is 2.96. The molecule has 0 bridgehead atoms. The summed E-state index contributed by atoms with van der Waals surface area (Å²) in [6.07, 6.45) is -0.0624.